The van der Waals surface area contributed by atoms with Crippen molar-refractivity contribution >= 4 is 0 Å². The normalized spacial score (nSPS) is 17.9. The van der Waals surface area contributed by atoms with Crippen LogP contribution in [-0.2, 0) is 13.0 Å². The lowest BCUT2D eigenvalue weighted by atomic mass is 9.95. The van der Waals surface area contributed by atoms with E-state index in [-0.39, 0.29) is 0 Å². The summed E-state index contributed by atoms with van der Waals surface area (Å²) in [5.41, 5.74) is 2.80. The number of hydrogen-bond acceptors (Lipinski definition) is 2. The monoisotopic (exact) mass is 221 g/mol. The Morgan fingerprint density at radius 3 is 2.75 bits per heavy atom. The Morgan fingerprint density at radius 1 is 1.38 bits per heavy atom. The molecule has 3 heteroatoms. The first-order valence-electron chi connectivity index (χ1n) is 6.56. The smallest absolute Gasteiger partial charge is 0.0537 e. The SMILES string of the molecule is CCc1c(CNC)cnn1C1CCCCC1. The summed E-state index contributed by atoms with van der Waals surface area (Å²) in [6.07, 6.45) is 9.91. The summed E-state index contributed by atoms with van der Waals surface area (Å²) in [4.78, 5) is 0. The second kappa shape index (κ2) is 5.48. The second-order valence-electron chi connectivity index (χ2n) is 4.74. The van der Waals surface area contributed by atoms with Crippen molar-refractivity contribution < 1.29 is 0 Å². The fourth-order valence-electron chi connectivity index (χ4n) is 2.79. The number of nitrogens with one attached hydrogen (secondary N) is 1. The summed E-state index contributed by atoms with van der Waals surface area (Å²) in [7, 11) is 2.00. The number of rotatable bonds is 4. The Balaban J connectivity index is 2.18. The van der Waals surface area contributed by atoms with E-state index < -0.39 is 0 Å². The molecule has 0 radical (unpaired) electrons. The Bertz CT molecular complexity index is 324. The van der Waals surface area contributed by atoms with E-state index in [1.807, 2.05) is 13.2 Å². The van der Waals surface area contributed by atoms with Gasteiger partial charge in [0, 0.05) is 17.8 Å². The minimum absolute atomic E-state index is 0.661. The van der Waals surface area contributed by atoms with Crippen molar-refractivity contribution in [1.29, 1.82) is 0 Å². The molecule has 0 aliphatic heterocycles. The lowest BCUT2D eigenvalue weighted by Gasteiger charge is -2.24. The molecule has 0 saturated heterocycles. The van der Waals surface area contributed by atoms with Crippen molar-refractivity contribution in [3.8, 4) is 0 Å². The van der Waals surface area contributed by atoms with Crippen LogP contribution in [0.25, 0.3) is 0 Å². The maximum absolute atomic E-state index is 4.61. The quantitative estimate of drug-likeness (QED) is 0.847. The minimum Gasteiger partial charge on any atom is -0.316 e. The van der Waals surface area contributed by atoms with Gasteiger partial charge in [0.05, 0.1) is 12.2 Å². The van der Waals surface area contributed by atoms with E-state index in [1.165, 1.54) is 43.4 Å². The molecule has 1 aromatic heterocycles. The van der Waals surface area contributed by atoms with Gasteiger partial charge >= 0.3 is 0 Å². The summed E-state index contributed by atoms with van der Waals surface area (Å²) in [6, 6.07) is 0.661. The first-order valence-corrected chi connectivity index (χ1v) is 6.56. The van der Waals surface area contributed by atoms with Gasteiger partial charge in [-0.3, -0.25) is 4.68 Å². The molecule has 0 aromatic carbocycles. The summed E-state index contributed by atoms with van der Waals surface area (Å²) in [5.74, 6) is 0. The Labute approximate surface area is 98.2 Å². The average molecular weight is 221 g/mol. The van der Waals surface area contributed by atoms with Gasteiger partial charge < -0.3 is 5.32 Å². The molecular weight excluding hydrogens is 198 g/mol. The molecule has 1 aromatic rings. The van der Waals surface area contributed by atoms with Gasteiger partial charge in [-0.2, -0.15) is 5.10 Å². The van der Waals surface area contributed by atoms with E-state index in [0.29, 0.717) is 6.04 Å². The Morgan fingerprint density at radius 2 is 2.12 bits per heavy atom. The van der Waals surface area contributed by atoms with Gasteiger partial charge in [0.15, 0.2) is 0 Å². The lowest BCUT2D eigenvalue weighted by Crippen LogP contribution is -2.17. The van der Waals surface area contributed by atoms with Crippen LogP contribution in [0.3, 0.4) is 0 Å². The van der Waals surface area contributed by atoms with E-state index in [1.54, 1.807) is 0 Å². The number of nitrogens with zero attached hydrogens (tertiary/aromatic N) is 2. The highest BCUT2D eigenvalue weighted by Gasteiger charge is 2.19. The third kappa shape index (κ3) is 2.29. The van der Waals surface area contributed by atoms with E-state index in [9.17, 15) is 0 Å². The topological polar surface area (TPSA) is 29.9 Å². The summed E-state index contributed by atoms with van der Waals surface area (Å²) in [6.45, 7) is 3.17. The molecule has 3 nitrogen and oxygen atoms in total. The van der Waals surface area contributed by atoms with Gasteiger partial charge in [-0.05, 0) is 26.3 Å². The molecule has 2 rings (SSSR count). The van der Waals surface area contributed by atoms with Gasteiger partial charge in [0.1, 0.15) is 0 Å². The van der Waals surface area contributed by atoms with Crippen molar-refractivity contribution in [3.63, 3.8) is 0 Å². The summed E-state index contributed by atoms with van der Waals surface area (Å²) in [5, 5.41) is 7.83. The second-order valence-corrected chi connectivity index (χ2v) is 4.74. The molecule has 0 bridgehead atoms. The van der Waals surface area contributed by atoms with Crippen LogP contribution in [0.1, 0.15) is 56.3 Å². The molecule has 1 aliphatic carbocycles. The third-order valence-corrected chi connectivity index (χ3v) is 3.61. The van der Waals surface area contributed by atoms with Crippen LogP contribution in [0.4, 0.5) is 0 Å². The predicted molar refractivity (Wildman–Crippen MR) is 66.5 cm³/mol. The molecule has 1 heterocycles. The zero-order valence-corrected chi connectivity index (χ0v) is 10.5. The van der Waals surface area contributed by atoms with Crippen molar-refractivity contribution in [1.82, 2.24) is 15.1 Å². The van der Waals surface area contributed by atoms with Crippen LogP contribution < -0.4 is 5.32 Å². The standard InChI is InChI=1S/C13H23N3/c1-3-13-11(9-14-2)10-15-16(13)12-7-5-4-6-8-12/h10,12,14H,3-9H2,1-2H3. The average Bonchev–Trinajstić information content (AvgIpc) is 2.73. The first kappa shape index (κ1) is 11.6. The molecular formula is C13H23N3. The molecule has 1 aliphatic rings. The Hall–Kier alpha value is -0.830. The van der Waals surface area contributed by atoms with Crippen LogP contribution in [-0.4, -0.2) is 16.8 Å². The molecule has 0 amide bonds. The third-order valence-electron chi connectivity index (χ3n) is 3.61. The largest absolute Gasteiger partial charge is 0.316 e. The van der Waals surface area contributed by atoms with Gasteiger partial charge in [0.2, 0.25) is 0 Å². The van der Waals surface area contributed by atoms with Gasteiger partial charge in [-0.15, -0.1) is 0 Å². The highest BCUT2D eigenvalue weighted by molar-refractivity contribution is 5.18. The van der Waals surface area contributed by atoms with Gasteiger partial charge in [-0.25, -0.2) is 0 Å². The minimum atomic E-state index is 0.661. The van der Waals surface area contributed by atoms with E-state index in [0.717, 1.165) is 13.0 Å². The predicted octanol–water partition coefficient (Wildman–Crippen LogP) is 2.67. The zero-order chi connectivity index (χ0) is 11.4. The van der Waals surface area contributed by atoms with Crippen molar-refractivity contribution in [3.05, 3.63) is 17.5 Å². The lowest BCUT2D eigenvalue weighted by molar-refractivity contribution is 0.322. The van der Waals surface area contributed by atoms with E-state index in [2.05, 4.69) is 22.0 Å². The molecule has 1 N–H and O–H groups in total. The maximum atomic E-state index is 4.61. The highest BCUT2D eigenvalue weighted by Crippen LogP contribution is 2.29. The summed E-state index contributed by atoms with van der Waals surface area (Å²) < 4.78 is 2.30. The van der Waals surface area contributed by atoms with Gasteiger partial charge in [0.25, 0.3) is 0 Å². The summed E-state index contributed by atoms with van der Waals surface area (Å²) >= 11 is 0. The van der Waals surface area contributed by atoms with Crippen molar-refractivity contribution in [2.75, 3.05) is 7.05 Å². The molecule has 16 heavy (non-hydrogen) atoms. The van der Waals surface area contributed by atoms with Crippen molar-refractivity contribution in [2.24, 2.45) is 0 Å². The van der Waals surface area contributed by atoms with E-state index >= 15 is 0 Å². The van der Waals surface area contributed by atoms with Crippen LogP contribution in [0.5, 0.6) is 0 Å². The first-order chi connectivity index (χ1) is 7.86. The molecule has 0 unspecified atom stereocenters. The number of aromatic nitrogens is 2. The van der Waals surface area contributed by atoms with Crippen LogP contribution in [0, 0.1) is 0 Å². The highest BCUT2D eigenvalue weighted by atomic mass is 15.3. The molecule has 0 atom stereocenters. The number of hydrogen-bond donors (Lipinski definition) is 1. The Kier molecular flexibility index (Phi) is 3.99. The van der Waals surface area contributed by atoms with Crippen LogP contribution in [0.15, 0.2) is 6.20 Å². The fraction of sp³-hybridized carbons (Fsp3) is 0.769. The molecule has 1 fully saturated rings. The van der Waals surface area contributed by atoms with Gasteiger partial charge in [-0.1, -0.05) is 26.2 Å². The maximum Gasteiger partial charge on any atom is 0.0537 e. The molecule has 0 spiro atoms. The molecule has 1 saturated carbocycles. The molecule has 90 valence electrons. The van der Waals surface area contributed by atoms with Crippen LogP contribution >= 0.6 is 0 Å². The zero-order valence-electron chi connectivity index (χ0n) is 10.5. The van der Waals surface area contributed by atoms with Crippen molar-refractivity contribution in [2.45, 2.75) is 58.0 Å². The fourth-order valence-corrected chi connectivity index (χ4v) is 2.79. The van der Waals surface area contributed by atoms with Crippen LogP contribution in [0.2, 0.25) is 0 Å². The van der Waals surface area contributed by atoms with E-state index in [4.69, 9.17) is 0 Å².